The third kappa shape index (κ3) is 3.89. The third-order valence-corrected chi connectivity index (χ3v) is 3.62. The Bertz CT molecular complexity index is 374. The van der Waals surface area contributed by atoms with Crippen LogP contribution < -0.4 is 10.6 Å². The molecule has 0 aliphatic carbocycles. The molecule has 1 atom stereocenters. The van der Waals surface area contributed by atoms with E-state index in [-0.39, 0.29) is 6.61 Å². The number of piperazine rings is 1. The number of nitrogens with zero attached hydrogens (tertiary/aromatic N) is 3. The van der Waals surface area contributed by atoms with Crippen LogP contribution in [0.3, 0.4) is 0 Å². The average Bonchev–Trinajstić information content (AvgIpc) is 2.48. The molecular weight excluding hydrogens is 240 g/mol. The standard InChI is InChI=1S/C14H24N4O/c1-12(11-19)10-17-4-6-18(7-5-17)14-3-2-13(8-15)9-16-14/h2-3,9,12,19H,4-8,10-11,15H2,1H3. The minimum atomic E-state index is 0.266. The molecule has 2 rings (SSSR count). The summed E-state index contributed by atoms with van der Waals surface area (Å²) < 4.78 is 0. The van der Waals surface area contributed by atoms with Gasteiger partial charge in [0.15, 0.2) is 0 Å². The van der Waals surface area contributed by atoms with Crippen LogP contribution in [0.2, 0.25) is 0 Å². The summed E-state index contributed by atoms with van der Waals surface area (Å²) in [7, 11) is 0. The number of hydrogen-bond acceptors (Lipinski definition) is 5. The van der Waals surface area contributed by atoms with Gasteiger partial charge in [-0.25, -0.2) is 4.98 Å². The maximum atomic E-state index is 9.09. The highest BCUT2D eigenvalue weighted by atomic mass is 16.3. The molecule has 0 radical (unpaired) electrons. The highest BCUT2D eigenvalue weighted by molar-refractivity contribution is 5.39. The summed E-state index contributed by atoms with van der Waals surface area (Å²) in [6.45, 7) is 7.92. The Hall–Kier alpha value is -1.17. The van der Waals surface area contributed by atoms with Crippen LogP contribution in [0, 0.1) is 5.92 Å². The number of hydrogen-bond donors (Lipinski definition) is 2. The summed E-state index contributed by atoms with van der Waals surface area (Å²) in [6.07, 6.45) is 1.86. The number of aliphatic hydroxyl groups is 1. The molecule has 5 heteroatoms. The molecule has 1 aliphatic heterocycles. The SMILES string of the molecule is CC(CO)CN1CCN(c2ccc(CN)cn2)CC1. The normalized spacial score (nSPS) is 18.6. The fourth-order valence-corrected chi connectivity index (χ4v) is 2.38. The molecule has 0 bridgehead atoms. The second kappa shape index (κ2) is 6.84. The molecule has 1 aliphatic rings. The minimum Gasteiger partial charge on any atom is -0.396 e. The van der Waals surface area contributed by atoms with E-state index in [0.717, 1.165) is 44.1 Å². The molecule has 19 heavy (non-hydrogen) atoms. The van der Waals surface area contributed by atoms with E-state index in [1.54, 1.807) is 0 Å². The molecule has 1 aromatic heterocycles. The topological polar surface area (TPSA) is 65.6 Å². The monoisotopic (exact) mass is 264 g/mol. The lowest BCUT2D eigenvalue weighted by atomic mass is 10.1. The Morgan fingerprint density at radius 2 is 2.05 bits per heavy atom. The molecule has 0 aromatic carbocycles. The van der Waals surface area contributed by atoms with Crippen LogP contribution in [0.15, 0.2) is 18.3 Å². The largest absolute Gasteiger partial charge is 0.396 e. The zero-order chi connectivity index (χ0) is 13.7. The first-order valence-corrected chi connectivity index (χ1v) is 6.96. The van der Waals surface area contributed by atoms with Gasteiger partial charge in [-0.05, 0) is 17.5 Å². The zero-order valence-corrected chi connectivity index (χ0v) is 11.6. The first kappa shape index (κ1) is 14.2. The van der Waals surface area contributed by atoms with Gasteiger partial charge in [0.05, 0.1) is 0 Å². The van der Waals surface area contributed by atoms with Crippen LogP contribution in [0.4, 0.5) is 5.82 Å². The lowest BCUT2D eigenvalue weighted by Gasteiger charge is -2.36. The van der Waals surface area contributed by atoms with Crippen molar-refractivity contribution in [1.29, 1.82) is 0 Å². The van der Waals surface area contributed by atoms with Crippen LogP contribution >= 0.6 is 0 Å². The van der Waals surface area contributed by atoms with Crippen molar-refractivity contribution in [2.24, 2.45) is 11.7 Å². The Labute approximate surface area is 115 Å². The highest BCUT2D eigenvalue weighted by Crippen LogP contribution is 2.14. The second-order valence-electron chi connectivity index (χ2n) is 5.30. The van der Waals surface area contributed by atoms with Gasteiger partial charge in [-0.2, -0.15) is 0 Å². The number of rotatable bonds is 5. The van der Waals surface area contributed by atoms with Gasteiger partial charge in [-0.3, -0.25) is 4.90 Å². The molecule has 1 saturated heterocycles. The van der Waals surface area contributed by atoms with Crippen molar-refractivity contribution >= 4 is 5.82 Å². The van der Waals surface area contributed by atoms with E-state index in [1.165, 1.54) is 0 Å². The molecular formula is C14H24N4O. The van der Waals surface area contributed by atoms with Crippen molar-refractivity contribution in [1.82, 2.24) is 9.88 Å². The quantitative estimate of drug-likeness (QED) is 0.800. The van der Waals surface area contributed by atoms with Gasteiger partial charge in [-0.1, -0.05) is 13.0 Å². The number of aromatic nitrogens is 1. The summed E-state index contributed by atoms with van der Waals surface area (Å²) in [5.74, 6) is 1.39. The van der Waals surface area contributed by atoms with Gasteiger partial charge < -0.3 is 15.7 Å². The molecule has 1 unspecified atom stereocenters. The van der Waals surface area contributed by atoms with E-state index in [2.05, 4.69) is 21.7 Å². The second-order valence-corrected chi connectivity index (χ2v) is 5.30. The van der Waals surface area contributed by atoms with Crippen molar-refractivity contribution in [2.45, 2.75) is 13.5 Å². The van der Waals surface area contributed by atoms with Crippen LogP contribution in [-0.4, -0.2) is 54.3 Å². The minimum absolute atomic E-state index is 0.266. The number of anilines is 1. The van der Waals surface area contributed by atoms with E-state index < -0.39 is 0 Å². The van der Waals surface area contributed by atoms with E-state index in [4.69, 9.17) is 10.8 Å². The number of aliphatic hydroxyl groups excluding tert-OH is 1. The van der Waals surface area contributed by atoms with Gasteiger partial charge in [0.1, 0.15) is 5.82 Å². The Morgan fingerprint density at radius 1 is 1.32 bits per heavy atom. The van der Waals surface area contributed by atoms with Crippen LogP contribution in [-0.2, 0) is 6.54 Å². The summed E-state index contributed by atoms with van der Waals surface area (Å²) in [4.78, 5) is 9.18. The smallest absolute Gasteiger partial charge is 0.128 e. The van der Waals surface area contributed by atoms with Crippen molar-refractivity contribution in [3.05, 3.63) is 23.9 Å². The zero-order valence-electron chi connectivity index (χ0n) is 11.6. The fraction of sp³-hybridized carbons (Fsp3) is 0.643. The van der Waals surface area contributed by atoms with Crippen LogP contribution in [0.25, 0.3) is 0 Å². The average molecular weight is 264 g/mol. The molecule has 0 spiro atoms. The molecule has 3 N–H and O–H groups in total. The van der Waals surface area contributed by atoms with Crippen LogP contribution in [0.1, 0.15) is 12.5 Å². The van der Waals surface area contributed by atoms with Gasteiger partial charge in [0.2, 0.25) is 0 Å². The summed E-state index contributed by atoms with van der Waals surface area (Å²) in [5.41, 5.74) is 6.64. The van der Waals surface area contributed by atoms with Crippen molar-refractivity contribution in [3.8, 4) is 0 Å². The molecule has 0 saturated carbocycles. The van der Waals surface area contributed by atoms with E-state index in [1.807, 2.05) is 18.3 Å². The van der Waals surface area contributed by atoms with Crippen molar-refractivity contribution in [2.75, 3.05) is 44.2 Å². The van der Waals surface area contributed by atoms with Gasteiger partial charge in [-0.15, -0.1) is 0 Å². The first-order chi connectivity index (χ1) is 9.22. The Balaban J connectivity index is 1.85. The maximum Gasteiger partial charge on any atom is 0.128 e. The molecule has 2 heterocycles. The predicted octanol–water partition coefficient (Wildman–Crippen LogP) is 0.291. The number of nitrogens with two attached hydrogens (primary N) is 1. The van der Waals surface area contributed by atoms with Crippen molar-refractivity contribution in [3.63, 3.8) is 0 Å². The first-order valence-electron chi connectivity index (χ1n) is 6.96. The van der Waals surface area contributed by atoms with Gasteiger partial charge in [0, 0.05) is 52.1 Å². The number of pyridine rings is 1. The summed E-state index contributed by atoms with van der Waals surface area (Å²) >= 11 is 0. The third-order valence-electron chi connectivity index (χ3n) is 3.62. The predicted molar refractivity (Wildman–Crippen MR) is 77.0 cm³/mol. The van der Waals surface area contributed by atoms with Gasteiger partial charge in [0.25, 0.3) is 0 Å². The molecule has 106 valence electrons. The van der Waals surface area contributed by atoms with Gasteiger partial charge >= 0.3 is 0 Å². The summed E-state index contributed by atoms with van der Waals surface area (Å²) in [6, 6.07) is 4.09. The highest BCUT2D eigenvalue weighted by Gasteiger charge is 2.19. The lowest BCUT2D eigenvalue weighted by molar-refractivity contribution is 0.167. The van der Waals surface area contributed by atoms with E-state index in [0.29, 0.717) is 12.5 Å². The Morgan fingerprint density at radius 3 is 2.58 bits per heavy atom. The Kier molecular flexibility index (Phi) is 5.13. The lowest BCUT2D eigenvalue weighted by Crippen LogP contribution is -2.48. The van der Waals surface area contributed by atoms with Crippen LogP contribution in [0.5, 0.6) is 0 Å². The molecule has 5 nitrogen and oxygen atoms in total. The fourth-order valence-electron chi connectivity index (χ4n) is 2.38. The van der Waals surface area contributed by atoms with E-state index >= 15 is 0 Å². The molecule has 0 amide bonds. The molecule has 1 fully saturated rings. The summed E-state index contributed by atoms with van der Waals surface area (Å²) in [5, 5.41) is 9.09. The molecule has 1 aromatic rings. The maximum absolute atomic E-state index is 9.09. The van der Waals surface area contributed by atoms with E-state index in [9.17, 15) is 0 Å². The van der Waals surface area contributed by atoms with Crippen molar-refractivity contribution < 1.29 is 5.11 Å².